The minimum absolute atomic E-state index is 0.0587. The topological polar surface area (TPSA) is 42.4 Å². The molecular weight excluding hydrogens is 300 g/mol. The van der Waals surface area contributed by atoms with Crippen LogP contribution in [0.25, 0.3) is 0 Å². The highest BCUT2D eigenvalue weighted by molar-refractivity contribution is 5.77. The summed E-state index contributed by atoms with van der Waals surface area (Å²) in [6.07, 6.45) is 6.85. The molecule has 2 aromatic rings. The average molecular weight is 324 g/mol. The molecule has 0 unspecified atom stereocenters. The molecule has 0 atom stereocenters. The van der Waals surface area contributed by atoms with Crippen molar-refractivity contribution in [2.45, 2.75) is 25.8 Å². The zero-order valence-electron chi connectivity index (χ0n) is 13.9. The Labute approximate surface area is 143 Å². The van der Waals surface area contributed by atoms with Gasteiger partial charge in [-0.3, -0.25) is 9.78 Å². The van der Waals surface area contributed by atoms with Gasteiger partial charge in [0.2, 0.25) is 5.91 Å². The first-order valence-corrected chi connectivity index (χ1v) is 8.59. The number of carbonyl (C=O) groups is 1. The minimum atomic E-state index is 0.0587. The second-order valence-corrected chi connectivity index (χ2v) is 6.36. The third-order valence-corrected chi connectivity index (χ3v) is 4.26. The van der Waals surface area contributed by atoms with Crippen LogP contribution in [0.15, 0.2) is 54.9 Å². The van der Waals surface area contributed by atoms with E-state index in [9.17, 15) is 4.79 Å². The number of carbonyl (C=O) groups excluding carboxylic acids is 1. The van der Waals surface area contributed by atoms with Crippen LogP contribution in [0, 0.1) is 5.92 Å². The van der Waals surface area contributed by atoms with Gasteiger partial charge >= 0.3 is 0 Å². The van der Waals surface area contributed by atoms with Gasteiger partial charge in [0, 0.05) is 25.5 Å². The van der Waals surface area contributed by atoms with E-state index in [0.717, 1.165) is 12.0 Å². The van der Waals surface area contributed by atoms with Gasteiger partial charge in [-0.25, -0.2) is 0 Å². The SMILES string of the molecule is O=C(COCC1CC1)N(CCc1ccccc1)Cc1ccncc1. The van der Waals surface area contributed by atoms with Crippen molar-refractivity contribution < 1.29 is 9.53 Å². The standard InChI is InChI=1S/C20H24N2O2/c23-20(16-24-15-19-6-7-19)22(14-18-8-11-21-12-9-18)13-10-17-4-2-1-3-5-17/h1-5,8-9,11-12,19H,6-7,10,13-16H2. The highest BCUT2D eigenvalue weighted by Gasteiger charge is 2.22. The first kappa shape index (κ1) is 16.7. The summed E-state index contributed by atoms with van der Waals surface area (Å²) in [6.45, 7) is 2.18. The summed E-state index contributed by atoms with van der Waals surface area (Å²) >= 11 is 0. The number of hydrogen-bond acceptors (Lipinski definition) is 3. The van der Waals surface area contributed by atoms with E-state index in [1.165, 1.54) is 18.4 Å². The van der Waals surface area contributed by atoms with Crippen molar-refractivity contribution in [2.24, 2.45) is 5.92 Å². The molecule has 0 radical (unpaired) electrons. The first-order chi connectivity index (χ1) is 11.8. The molecule has 1 amide bonds. The van der Waals surface area contributed by atoms with Crippen LogP contribution in [0.3, 0.4) is 0 Å². The lowest BCUT2D eigenvalue weighted by Crippen LogP contribution is -2.35. The Balaban J connectivity index is 1.57. The molecule has 4 heteroatoms. The number of rotatable bonds is 9. The van der Waals surface area contributed by atoms with Crippen LogP contribution in [0.1, 0.15) is 24.0 Å². The summed E-state index contributed by atoms with van der Waals surface area (Å²) in [5, 5.41) is 0. The van der Waals surface area contributed by atoms with Gasteiger partial charge in [0.1, 0.15) is 6.61 Å². The maximum absolute atomic E-state index is 12.6. The molecule has 1 saturated carbocycles. The Morgan fingerprint density at radius 3 is 2.54 bits per heavy atom. The molecule has 1 aliphatic carbocycles. The molecule has 0 bridgehead atoms. The van der Waals surface area contributed by atoms with Crippen LogP contribution >= 0.6 is 0 Å². The van der Waals surface area contributed by atoms with Gasteiger partial charge < -0.3 is 9.64 Å². The molecule has 24 heavy (non-hydrogen) atoms. The highest BCUT2D eigenvalue weighted by Crippen LogP contribution is 2.28. The number of amides is 1. The second kappa shape index (κ2) is 8.60. The Hall–Kier alpha value is -2.20. The van der Waals surface area contributed by atoms with Gasteiger partial charge in [0.15, 0.2) is 0 Å². The van der Waals surface area contributed by atoms with Crippen molar-refractivity contribution in [1.82, 2.24) is 9.88 Å². The van der Waals surface area contributed by atoms with E-state index in [4.69, 9.17) is 4.74 Å². The maximum Gasteiger partial charge on any atom is 0.248 e. The van der Waals surface area contributed by atoms with E-state index in [-0.39, 0.29) is 12.5 Å². The number of nitrogens with zero attached hydrogens (tertiary/aromatic N) is 2. The maximum atomic E-state index is 12.6. The number of benzene rings is 1. The van der Waals surface area contributed by atoms with Crippen molar-refractivity contribution in [3.05, 3.63) is 66.0 Å². The van der Waals surface area contributed by atoms with Gasteiger partial charge in [0.25, 0.3) is 0 Å². The predicted molar refractivity (Wildman–Crippen MR) is 93.3 cm³/mol. The smallest absolute Gasteiger partial charge is 0.248 e. The van der Waals surface area contributed by atoms with Crippen LogP contribution in [0.5, 0.6) is 0 Å². The highest BCUT2D eigenvalue weighted by atomic mass is 16.5. The van der Waals surface area contributed by atoms with Gasteiger partial charge in [0.05, 0.1) is 6.61 Å². The summed E-state index contributed by atoms with van der Waals surface area (Å²) in [5.74, 6) is 0.735. The lowest BCUT2D eigenvalue weighted by Gasteiger charge is -2.23. The molecule has 1 aliphatic rings. The quantitative estimate of drug-likeness (QED) is 0.712. The molecular formula is C20H24N2O2. The van der Waals surface area contributed by atoms with E-state index in [0.29, 0.717) is 25.6 Å². The number of hydrogen-bond donors (Lipinski definition) is 0. The fourth-order valence-corrected chi connectivity index (χ4v) is 2.60. The van der Waals surface area contributed by atoms with Gasteiger partial charge in [-0.1, -0.05) is 30.3 Å². The van der Waals surface area contributed by atoms with Crippen molar-refractivity contribution in [3.63, 3.8) is 0 Å². The largest absolute Gasteiger partial charge is 0.371 e. The molecule has 1 aromatic heterocycles. The minimum Gasteiger partial charge on any atom is -0.371 e. The van der Waals surface area contributed by atoms with Crippen LogP contribution < -0.4 is 0 Å². The van der Waals surface area contributed by atoms with Crippen LogP contribution in [-0.2, 0) is 22.5 Å². The first-order valence-electron chi connectivity index (χ1n) is 8.59. The monoisotopic (exact) mass is 324 g/mol. The van der Waals surface area contributed by atoms with Crippen molar-refractivity contribution in [3.8, 4) is 0 Å². The Bertz CT molecular complexity index is 627. The number of aromatic nitrogens is 1. The van der Waals surface area contributed by atoms with E-state index in [1.807, 2.05) is 35.2 Å². The fraction of sp³-hybridized carbons (Fsp3) is 0.400. The predicted octanol–water partition coefficient (Wildman–Crippen LogP) is 3.08. The third-order valence-electron chi connectivity index (χ3n) is 4.26. The molecule has 3 rings (SSSR count). The average Bonchev–Trinajstić information content (AvgIpc) is 3.44. The van der Waals surface area contributed by atoms with Gasteiger partial charge in [-0.2, -0.15) is 0 Å². The molecule has 1 fully saturated rings. The van der Waals surface area contributed by atoms with Crippen LogP contribution in [0.2, 0.25) is 0 Å². The molecule has 4 nitrogen and oxygen atoms in total. The van der Waals surface area contributed by atoms with E-state index in [1.54, 1.807) is 12.4 Å². The molecule has 126 valence electrons. The zero-order chi connectivity index (χ0) is 16.6. The molecule has 0 N–H and O–H groups in total. The van der Waals surface area contributed by atoms with Gasteiger partial charge in [-0.05, 0) is 48.4 Å². The van der Waals surface area contributed by atoms with Crippen LogP contribution in [0.4, 0.5) is 0 Å². The van der Waals surface area contributed by atoms with Gasteiger partial charge in [-0.15, -0.1) is 0 Å². The summed E-state index contributed by atoms with van der Waals surface area (Å²) in [6, 6.07) is 14.2. The van der Waals surface area contributed by atoms with Crippen molar-refractivity contribution >= 4 is 5.91 Å². The molecule has 1 aromatic carbocycles. The van der Waals surface area contributed by atoms with E-state index >= 15 is 0 Å². The molecule has 0 aliphatic heterocycles. The fourth-order valence-electron chi connectivity index (χ4n) is 2.60. The third kappa shape index (κ3) is 5.46. The molecule has 0 spiro atoms. The second-order valence-electron chi connectivity index (χ2n) is 6.36. The van der Waals surface area contributed by atoms with Crippen LogP contribution in [-0.4, -0.2) is 35.5 Å². The number of pyridine rings is 1. The Morgan fingerprint density at radius 1 is 1.08 bits per heavy atom. The van der Waals surface area contributed by atoms with Crippen molar-refractivity contribution in [1.29, 1.82) is 0 Å². The molecule has 1 heterocycles. The lowest BCUT2D eigenvalue weighted by atomic mass is 10.1. The van der Waals surface area contributed by atoms with Crippen molar-refractivity contribution in [2.75, 3.05) is 19.8 Å². The summed E-state index contributed by atoms with van der Waals surface area (Å²) in [4.78, 5) is 18.5. The summed E-state index contributed by atoms with van der Waals surface area (Å²) in [5.41, 5.74) is 2.33. The van der Waals surface area contributed by atoms with E-state index < -0.39 is 0 Å². The normalized spacial score (nSPS) is 13.7. The lowest BCUT2D eigenvalue weighted by molar-refractivity contribution is -0.136. The summed E-state index contributed by atoms with van der Waals surface area (Å²) in [7, 11) is 0. The Morgan fingerprint density at radius 2 is 1.83 bits per heavy atom. The molecule has 0 saturated heterocycles. The zero-order valence-corrected chi connectivity index (χ0v) is 13.9. The Kier molecular flexibility index (Phi) is 5.96. The summed E-state index contributed by atoms with van der Waals surface area (Å²) < 4.78 is 5.59. The van der Waals surface area contributed by atoms with E-state index in [2.05, 4.69) is 17.1 Å². The number of ether oxygens (including phenoxy) is 1.